The molecular formula is C17H13Cl3FN3. The van der Waals surface area contributed by atoms with Crippen LogP contribution in [0, 0.1) is 5.82 Å². The van der Waals surface area contributed by atoms with Crippen LogP contribution in [0.4, 0.5) is 10.3 Å². The van der Waals surface area contributed by atoms with Gasteiger partial charge in [-0.05, 0) is 24.3 Å². The molecule has 0 fully saturated rings. The van der Waals surface area contributed by atoms with Gasteiger partial charge in [0, 0.05) is 29.7 Å². The largest absolute Gasteiger partial charge is 0.351 e. The molecular weight excluding hydrogens is 372 g/mol. The molecule has 0 radical (unpaired) electrons. The monoisotopic (exact) mass is 383 g/mol. The molecule has 0 atom stereocenters. The number of benzene rings is 2. The molecule has 1 N–H and O–H groups in total. The number of nitrogens with one attached hydrogen (secondary N) is 1. The van der Waals surface area contributed by atoms with Gasteiger partial charge in [0.05, 0.1) is 21.9 Å². The minimum Gasteiger partial charge on any atom is -0.351 e. The summed E-state index contributed by atoms with van der Waals surface area (Å²) in [5, 5.41) is 4.44. The summed E-state index contributed by atoms with van der Waals surface area (Å²) in [7, 11) is 1.86. The van der Waals surface area contributed by atoms with Crippen LogP contribution in [0.3, 0.4) is 0 Å². The Hall–Kier alpha value is -1.75. The second-order valence-corrected chi connectivity index (χ2v) is 6.43. The van der Waals surface area contributed by atoms with Gasteiger partial charge in [-0.25, -0.2) is 9.37 Å². The van der Waals surface area contributed by atoms with Crippen LogP contribution < -0.4 is 5.32 Å². The van der Waals surface area contributed by atoms with Crippen molar-refractivity contribution in [2.24, 2.45) is 7.05 Å². The summed E-state index contributed by atoms with van der Waals surface area (Å²) in [4.78, 5) is 4.33. The third-order valence-electron chi connectivity index (χ3n) is 3.69. The van der Waals surface area contributed by atoms with Crippen LogP contribution >= 0.6 is 34.8 Å². The van der Waals surface area contributed by atoms with Crippen molar-refractivity contribution in [3.8, 4) is 11.3 Å². The van der Waals surface area contributed by atoms with Crippen molar-refractivity contribution in [1.82, 2.24) is 9.55 Å². The number of imidazole rings is 1. The molecule has 0 bridgehead atoms. The molecule has 0 spiro atoms. The molecule has 3 rings (SSSR count). The number of rotatable bonds is 4. The van der Waals surface area contributed by atoms with E-state index in [1.165, 1.54) is 6.07 Å². The molecule has 0 saturated carbocycles. The van der Waals surface area contributed by atoms with Gasteiger partial charge in [-0.3, -0.25) is 0 Å². The van der Waals surface area contributed by atoms with Crippen molar-refractivity contribution in [3.63, 3.8) is 0 Å². The third-order valence-corrected chi connectivity index (χ3v) is 4.78. The number of halogens is 4. The van der Waals surface area contributed by atoms with E-state index in [-0.39, 0.29) is 12.4 Å². The maximum absolute atomic E-state index is 13.8. The van der Waals surface area contributed by atoms with E-state index in [9.17, 15) is 4.39 Å². The number of hydrogen-bond donors (Lipinski definition) is 1. The molecule has 0 unspecified atom stereocenters. The molecule has 24 heavy (non-hydrogen) atoms. The lowest BCUT2D eigenvalue weighted by Gasteiger charge is -2.10. The topological polar surface area (TPSA) is 29.9 Å². The Labute approximate surface area is 154 Å². The fourth-order valence-electron chi connectivity index (χ4n) is 2.37. The Morgan fingerprint density at radius 1 is 1.08 bits per heavy atom. The van der Waals surface area contributed by atoms with Crippen LogP contribution in [-0.2, 0) is 13.6 Å². The van der Waals surface area contributed by atoms with Crippen molar-refractivity contribution in [3.05, 3.63) is 69.0 Å². The number of aromatic nitrogens is 2. The molecule has 1 aromatic heterocycles. The maximum Gasteiger partial charge on any atom is 0.203 e. The van der Waals surface area contributed by atoms with Gasteiger partial charge in [0.25, 0.3) is 0 Å². The Bertz CT molecular complexity index is 873. The van der Waals surface area contributed by atoms with Crippen molar-refractivity contribution < 1.29 is 4.39 Å². The van der Waals surface area contributed by atoms with Gasteiger partial charge in [0.15, 0.2) is 0 Å². The lowest BCUT2D eigenvalue weighted by atomic mass is 10.2. The first-order valence-electron chi connectivity index (χ1n) is 7.11. The van der Waals surface area contributed by atoms with Crippen LogP contribution in [-0.4, -0.2) is 9.55 Å². The average molecular weight is 385 g/mol. The van der Waals surface area contributed by atoms with Gasteiger partial charge in [0.2, 0.25) is 5.95 Å². The Morgan fingerprint density at radius 2 is 1.88 bits per heavy atom. The van der Waals surface area contributed by atoms with Gasteiger partial charge in [0.1, 0.15) is 5.82 Å². The lowest BCUT2D eigenvalue weighted by molar-refractivity contribution is 0.612. The summed E-state index contributed by atoms with van der Waals surface area (Å²) < 4.78 is 15.7. The van der Waals surface area contributed by atoms with Crippen LogP contribution in [0.15, 0.2) is 42.6 Å². The summed E-state index contributed by atoms with van der Waals surface area (Å²) in [6.07, 6.45) is 1.71. The lowest BCUT2D eigenvalue weighted by Crippen LogP contribution is -2.07. The zero-order valence-electron chi connectivity index (χ0n) is 12.7. The summed E-state index contributed by atoms with van der Waals surface area (Å²) in [5.74, 6) is 0.240. The molecule has 3 nitrogen and oxygen atoms in total. The van der Waals surface area contributed by atoms with E-state index in [2.05, 4.69) is 10.3 Å². The SMILES string of the molecule is Cn1c(-c2ccc(Cl)c(Cl)c2)cnc1NCc1c(F)cccc1Cl. The van der Waals surface area contributed by atoms with E-state index in [1.54, 1.807) is 30.5 Å². The molecule has 0 amide bonds. The predicted molar refractivity (Wildman–Crippen MR) is 97.4 cm³/mol. The minimum atomic E-state index is -0.353. The average Bonchev–Trinajstić information content (AvgIpc) is 2.91. The number of nitrogens with zero attached hydrogens (tertiary/aromatic N) is 2. The summed E-state index contributed by atoms with van der Waals surface area (Å²) in [6, 6.07) is 9.98. The Morgan fingerprint density at radius 3 is 2.58 bits per heavy atom. The van der Waals surface area contributed by atoms with E-state index in [0.717, 1.165) is 11.3 Å². The Balaban J connectivity index is 1.84. The normalized spacial score (nSPS) is 10.9. The van der Waals surface area contributed by atoms with Crippen LogP contribution in [0.5, 0.6) is 0 Å². The molecule has 0 aliphatic heterocycles. The smallest absolute Gasteiger partial charge is 0.203 e. The second-order valence-electron chi connectivity index (χ2n) is 5.21. The highest BCUT2D eigenvalue weighted by Gasteiger charge is 2.12. The van der Waals surface area contributed by atoms with E-state index < -0.39 is 0 Å². The first-order chi connectivity index (χ1) is 11.5. The predicted octanol–water partition coefficient (Wildman–Crippen LogP) is 5.80. The minimum absolute atomic E-state index is 0.233. The highest BCUT2D eigenvalue weighted by atomic mass is 35.5. The van der Waals surface area contributed by atoms with Crippen LogP contribution in [0.25, 0.3) is 11.3 Å². The van der Waals surface area contributed by atoms with E-state index in [4.69, 9.17) is 34.8 Å². The van der Waals surface area contributed by atoms with Gasteiger partial charge in [-0.1, -0.05) is 46.9 Å². The summed E-state index contributed by atoms with van der Waals surface area (Å²) in [5.41, 5.74) is 2.14. The first kappa shape index (κ1) is 17.1. The third kappa shape index (κ3) is 3.36. The number of hydrogen-bond acceptors (Lipinski definition) is 2. The first-order valence-corrected chi connectivity index (χ1v) is 8.24. The van der Waals surface area contributed by atoms with E-state index in [1.807, 2.05) is 17.7 Å². The fraction of sp³-hybridized carbons (Fsp3) is 0.118. The van der Waals surface area contributed by atoms with Crippen molar-refractivity contribution in [1.29, 1.82) is 0 Å². The van der Waals surface area contributed by atoms with E-state index >= 15 is 0 Å². The van der Waals surface area contributed by atoms with Crippen LogP contribution in [0.1, 0.15) is 5.56 Å². The summed E-state index contributed by atoms with van der Waals surface area (Å²) in [6.45, 7) is 0.233. The molecule has 1 heterocycles. The second kappa shape index (κ2) is 7.01. The molecule has 0 aliphatic rings. The van der Waals surface area contributed by atoms with Gasteiger partial charge in [-0.2, -0.15) is 0 Å². The van der Waals surface area contributed by atoms with Gasteiger partial charge in [-0.15, -0.1) is 0 Å². The molecule has 2 aromatic carbocycles. The molecule has 7 heteroatoms. The van der Waals surface area contributed by atoms with Gasteiger partial charge >= 0.3 is 0 Å². The van der Waals surface area contributed by atoms with E-state index in [0.29, 0.717) is 26.6 Å². The molecule has 124 valence electrons. The molecule has 0 saturated heterocycles. The molecule has 3 aromatic rings. The standard InChI is InChI=1S/C17H13Cl3FN3/c1-24-16(10-5-6-13(19)14(20)7-10)9-23-17(24)22-8-11-12(18)3-2-4-15(11)21/h2-7,9H,8H2,1H3,(H,22,23). The highest BCUT2D eigenvalue weighted by molar-refractivity contribution is 6.42. The fourth-order valence-corrected chi connectivity index (χ4v) is 2.89. The van der Waals surface area contributed by atoms with Crippen molar-refractivity contribution in [2.45, 2.75) is 6.54 Å². The summed E-state index contributed by atoms with van der Waals surface area (Å²) >= 11 is 18.0. The quantitative estimate of drug-likeness (QED) is 0.616. The number of anilines is 1. The van der Waals surface area contributed by atoms with Crippen molar-refractivity contribution in [2.75, 3.05) is 5.32 Å². The van der Waals surface area contributed by atoms with Crippen molar-refractivity contribution >= 4 is 40.8 Å². The Kier molecular flexibility index (Phi) is 4.99. The van der Waals surface area contributed by atoms with Crippen LogP contribution in [0.2, 0.25) is 15.1 Å². The highest BCUT2D eigenvalue weighted by Crippen LogP contribution is 2.29. The maximum atomic E-state index is 13.8. The van der Waals surface area contributed by atoms with Gasteiger partial charge < -0.3 is 9.88 Å². The zero-order chi connectivity index (χ0) is 17.3. The zero-order valence-corrected chi connectivity index (χ0v) is 14.9. The molecule has 0 aliphatic carbocycles.